The van der Waals surface area contributed by atoms with Gasteiger partial charge in [0, 0.05) is 17.2 Å². The van der Waals surface area contributed by atoms with Crippen LogP contribution in [0.5, 0.6) is 17.2 Å². The molecule has 2 rings (SSSR count). The zero-order chi connectivity index (χ0) is 15.9. The van der Waals surface area contributed by atoms with E-state index in [9.17, 15) is 9.90 Å². The number of aromatic hydroxyl groups is 1. The molecule has 0 aliphatic rings. The van der Waals surface area contributed by atoms with Gasteiger partial charge in [-0.05, 0) is 36.4 Å². The van der Waals surface area contributed by atoms with Crippen LogP contribution in [-0.4, -0.2) is 31.4 Å². The molecule has 0 radical (unpaired) electrons. The molecule has 2 aromatic carbocycles. The molecular weight excluding hydrogens is 284 g/mol. The summed E-state index contributed by atoms with van der Waals surface area (Å²) in [6, 6.07) is 11.2. The fraction of sp³-hybridized carbons (Fsp3) is 0.125. The van der Waals surface area contributed by atoms with Crippen molar-refractivity contribution in [1.82, 2.24) is 5.43 Å². The normalized spacial score (nSPS) is 10.5. The monoisotopic (exact) mass is 300 g/mol. The molecule has 6 nitrogen and oxygen atoms in total. The van der Waals surface area contributed by atoms with E-state index in [1.54, 1.807) is 32.4 Å². The summed E-state index contributed by atoms with van der Waals surface area (Å²) >= 11 is 0. The molecule has 1 amide bonds. The molecule has 0 fully saturated rings. The Labute approximate surface area is 128 Å². The highest BCUT2D eigenvalue weighted by Gasteiger charge is 2.04. The first kappa shape index (κ1) is 15.4. The molecule has 2 N–H and O–H groups in total. The lowest BCUT2D eigenvalue weighted by molar-refractivity contribution is 0.0955. The maximum absolute atomic E-state index is 11.8. The molecule has 0 heterocycles. The van der Waals surface area contributed by atoms with Crippen molar-refractivity contribution < 1.29 is 19.4 Å². The number of amides is 1. The fourth-order valence-corrected chi connectivity index (χ4v) is 1.75. The van der Waals surface area contributed by atoms with Crippen molar-refractivity contribution in [2.45, 2.75) is 0 Å². The van der Waals surface area contributed by atoms with Crippen molar-refractivity contribution in [1.29, 1.82) is 0 Å². The first-order valence-electron chi connectivity index (χ1n) is 6.48. The first-order chi connectivity index (χ1) is 10.6. The van der Waals surface area contributed by atoms with Crippen LogP contribution < -0.4 is 14.9 Å². The average Bonchev–Trinajstić information content (AvgIpc) is 2.55. The Morgan fingerprint density at radius 2 is 1.68 bits per heavy atom. The number of methoxy groups -OCH3 is 2. The number of carbonyl (C=O) groups is 1. The Kier molecular flexibility index (Phi) is 4.98. The number of hydrogen-bond donors (Lipinski definition) is 2. The largest absolute Gasteiger partial charge is 0.508 e. The van der Waals surface area contributed by atoms with E-state index in [4.69, 9.17) is 9.47 Å². The van der Waals surface area contributed by atoms with E-state index in [1.165, 1.54) is 30.5 Å². The van der Waals surface area contributed by atoms with Crippen molar-refractivity contribution in [3.63, 3.8) is 0 Å². The van der Waals surface area contributed by atoms with Crippen LogP contribution in [0.4, 0.5) is 0 Å². The molecule has 22 heavy (non-hydrogen) atoms. The lowest BCUT2D eigenvalue weighted by Gasteiger charge is -2.05. The Hall–Kier alpha value is -3.02. The zero-order valence-corrected chi connectivity index (χ0v) is 12.2. The van der Waals surface area contributed by atoms with Crippen molar-refractivity contribution >= 4 is 12.1 Å². The summed E-state index contributed by atoms with van der Waals surface area (Å²) in [7, 11) is 3.12. The van der Waals surface area contributed by atoms with Crippen LogP contribution in [0.1, 0.15) is 15.9 Å². The molecule has 0 saturated carbocycles. The van der Waals surface area contributed by atoms with Gasteiger partial charge in [-0.2, -0.15) is 5.10 Å². The summed E-state index contributed by atoms with van der Waals surface area (Å²) in [5.74, 6) is 0.992. The molecule has 0 aliphatic carbocycles. The smallest absolute Gasteiger partial charge is 0.271 e. The van der Waals surface area contributed by atoms with Crippen molar-refractivity contribution in [2.75, 3.05) is 14.2 Å². The predicted molar refractivity (Wildman–Crippen MR) is 82.7 cm³/mol. The molecule has 6 heteroatoms. The summed E-state index contributed by atoms with van der Waals surface area (Å²) in [6.45, 7) is 0. The van der Waals surface area contributed by atoms with E-state index in [2.05, 4.69) is 10.5 Å². The van der Waals surface area contributed by atoms with Crippen LogP contribution in [0.3, 0.4) is 0 Å². The minimum Gasteiger partial charge on any atom is -0.508 e. The molecule has 0 aromatic heterocycles. The van der Waals surface area contributed by atoms with Crippen LogP contribution in [0, 0.1) is 0 Å². The molecule has 0 unspecified atom stereocenters. The Morgan fingerprint density at radius 3 is 2.23 bits per heavy atom. The fourth-order valence-electron chi connectivity index (χ4n) is 1.75. The second-order valence-electron chi connectivity index (χ2n) is 4.39. The Morgan fingerprint density at radius 1 is 1.09 bits per heavy atom. The van der Waals surface area contributed by atoms with E-state index < -0.39 is 0 Å². The van der Waals surface area contributed by atoms with Gasteiger partial charge in [0.15, 0.2) is 0 Å². The van der Waals surface area contributed by atoms with Gasteiger partial charge in [-0.25, -0.2) is 5.43 Å². The van der Waals surface area contributed by atoms with E-state index >= 15 is 0 Å². The van der Waals surface area contributed by atoms with Crippen molar-refractivity contribution in [3.8, 4) is 17.2 Å². The number of phenolic OH excluding ortho intramolecular Hbond substituents is 1. The SMILES string of the molecule is COc1cc(/C=N\NC(=O)c2ccc(O)cc2)cc(OC)c1. The van der Waals surface area contributed by atoms with Gasteiger partial charge < -0.3 is 14.6 Å². The molecule has 2 aromatic rings. The van der Waals surface area contributed by atoms with Crippen LogP contribution in [0.25, 0.3) is 0 Å². The van der Waals surface area contributed by atoms with Crippen molar-refractivity contribution in [3.05, 3.63) is 53.6 Å². The number of benzene rings is 2. The van der Waals surface area contributed by atoms with Gasteiger partial charge in [0.05, 0.1) is 20.4 Å². The van der Waals surface area contributed by atoms with Crippen LogP contribution >= 0.6 is 0 Å². The highest BCUT2D eigenvalue weighted by atomic mass is 16.5. The van der Waals surface area contributed by atoms with Gasteiger partial charge in [-0.15, -0.1) is 0 Å². The third-order valence-electron chi connectivity index (χ3n) is 2.88. The molecule has 0 atom stereocenters. The average molecular weight is 300 g/mol. The number of phenols is 1. The molecule has 0 spiro atoms. The van der Waals surface area contributed by atoms with Crippen LogP contribution in [0.2, 0.25) is 0 Å². The summed E-state index contributed by atoms with van der Waals surface area (Å²) in [4.78, 5) is 11.8. The van der Waals surface area contributed by atoms with Crippen LogP contribution in [0.15, 0.2) is 47.6 Å². The topological polar surface area (TPSA) is 80.2 Å². The number of nitrogens with one attached hydrogen (secondary N) is 1. The third kappa shape index (κ3) is 3.99. The molecular formula is C16H16N2O4. The number of carbonyl (C=O) groups excluding carboxylic acids is 1. The minimum absolute atomic E-state index is 0.100. The second-order valence-corrected chi connectivity index (χ2v) is 4.39. The van der Waals surface area contributed by atoms with Gasteiger partial charge in [0.25, 0.3) is 5.91 Å². The quantitative estimate of drug-likeness (QED) is 0.655. The summed E-state index contributed by atoms with van der Waals surface area (Å²) in [5, 5.41) is 13.1. The minimum atomic E-state index is -0.369. The number of hydrazone groups is 1. The van der Waals surface area contributed by atoms with Gasteiger partial charge in [-0.1, -0.05) is 0 Å². The van der Waals surface area contributed by atoms with E-state index in [-0.39, 0.29) is 11.7 Å². The van der Waals surface area contributed by atoms with E-state index in [0.717, 1.165) is 5.56 Å². The van der Waals surface area contributed by atoms with Gasteiger partial charge in [0.1, 0.15) is 17.2 Å². The zero-order valence-electron chi connectivity index (χ0n) is 12.2. The number of nitrogens with zero attached hydrogens (tertiary/aromatic N) is 1. The standard InChI is InChI=1S/C16H16N2O4/c1-21-14-7-11(8-15(9-14)22-2)10-17-18-16(20)12-3-5-13(19)6-4-12/h3-10,19H,1-2H3,(H,18,20)/b17-10-. The lowest BCUT2D eigenvalue weighted by atomic mass is 10.2. The molecule has 0 aliphatic heterocycles. The Balaban J connectivity index is 2.05. The van der Waals surface area contributed by atoms with Gasteiger partial charge in [-0.3, -0.25) is 4.79 Å². The molecule has 114 valence electrons. The summed E-state index contributed by atoms with van der Waals surface area (Å²) < 4.78 is 10.3. The maximum Gasteiger partial charge on any atom is 0.271 e. The first-order valence-corrected chi connectivity index (χ1v) is 6.48. The van der Waals surface area contributed by atoms with Crippen molar-refractivity contribution in [2.24, 2.45) is 5.10 Å². The lowest BCUT2D eigenvalue weighted by Crippen LogP contribution is -2.17. The van der Waals surface area contributed by atoms with Gasteiger partial charge >= 0.3 is 0 Å². The highest BCUT2D eigenvalue weighted by Crippen LogP contribution is 2.21. The summed E-state index contributed by atoms with van der Waals surface area (Å²) in [5.41, 5.74) is 3.53. The predicted octanol–water partition coefficient (Wildman–Crippen LogP) is 2.17. The highest BCUT2D eigenvalue weighted by molar-refractivity contribution is 5.95. The maximum atomic E-state index is 11.8. The summed E-state index contributed by atoms with van der Waals surface area (Å²) in [6.07, 6.45) is 1.49. The number of rotatable bonds is 5. The van der Waals surface area contributed by atoms with Gasteiger partial charge in [0.2, 0.25) is 0 Å². The molecule has 0 bridgehead atoms. The second kappa shape index (κ2) is 7.12. The Bertz CT molecular complexity index is 659. The number of ether oxygens (including phenoxy) is 2. The third-order valence-corrected chi connectivity index (χ3v) is 2.88. The van der Waals surface area contributed by atoms with E-state index in [0.29, 0.717) is 17.1 Å². The number of hydrogen-bond acceptors (Lipinski definition) is 5. The molecule has 0 saturated heterocycles. The van der Waals surface area contributed by atoms with E-state index in [1.807, 2.05) is 0 Å². The van der Waals surface area contributed by atoms with Crippen LogP contribution in [-0.2, 0) is 0 Å².